The van der Waals surface area contributed by atoms with Crippen LogP contribution >= 0.6 is 0 Å². The fraction of sp³-hybridized carbons (Fsp3) is 0.898. The summed E-state index contributed by atoms with van der Waals surface area (Å²) < 4.78 is 68.2. The number of esters is 2. The molecule has 22 atom stereocenters. The van der Waals surface area contributed by atoms with Crippen LogP contribution in [0.15, 0.2) is 11.6 Å². The molecule has 66 heavy (non-hydrogen) atoms. The number of hydrogen-bond donors (Lipinski definition) is 3. The molecule has 0 spiro atoms. The first-order valence-electron chi connectivity index (χ1n) is 24.3. The largest absolute Gasteiger partial charge is 0.458 e. The highest BCUT2D eigenvalue weighted by Crippen LogP contribution is 2.69. The minimum Gasteiger partial charge on any atom is -0.458 e. The Morgan fingerprint density at radius 3 is 1.97 bits per heavy atom. The van der Waals surface area contributed by atoms with E-state index in [0.717, 1.165) is 5.57 Å². The second kappa shape index (κ2) is 20.3. The van der Waals surface area contributed by atoms with Crippen molar-refractivity contribution in [2.24, 2.45) is 34.5 Å². The van der Waals surface area contributed by atoms with E-state index in [1.807, 2.05) is 34.6 Å². The summed E-state index contributed by atoms with van der Waals surface area (Å²) in [7, 11) is 4.63. The molecule has 0 aromatic heterocycles. The molecule has 0 aromatic rings. The highest BCUT2D eigenvalue weighted by atomic mass is 16.8. The lowest BCUT2D eigenvalue weighted by Gasteiger charge is -2.64. The second-order valence-corrected chi connectivity index (χ2v) is 21.2. The predicted octanol–water partition coefficient (Wildman–Crippen LogP) is 4.32. The van der Waals surface area contributed by atoms with Gasteiger partial charge in [-0.15, -0.1) is 0 Å². The van der Waals surface area contributed by atoms with Gasteiger partial charge < -0.3 is 67.4 Å². The minimum atomic E-state index is -1.35. The van der Waals surface area contributed by atoms with Crippen molar-refractivity contribution in [3.05, 3.63) is 11.6 Å². The number of hydrogen-bond acceptors (Lipinski definition) is 17. The van der Waals surface area contributed by atoms with Crippen molar-refractivity contribution in [3.8, 4) is 0 Å². The van der Waals surface area contributed by atoms with Crippen LogP contribution in [-0.2, 0) is 66.5 Å². The minimum absolute atomic E-state index is 0.0185. The summed E-state index contributed by atoms with van der Waals surface area (Å²) in [6, 6.07) is 0. The molecule has 0 unspecified atom stereocenters. The van der Waals surface area contributed by atoms with Gasteiger partial charge in [0.1, 0.15) is 48.5 Å². The maximum absolute atomic E-state index is 13.5. The molecular formula is C49H78O17. The summed E-state index contributed by atoms with van der Waals surface area (Å²) in [5.41, 5.74) is -1.91. The molecule has 3 saturated heterocycles. The lowest BCUT2D eigenvalue weighted by atomic mass is 9.44. The Labute approximate surface area is 390 Å². The van der Waals surface area contributed by atoms with Gasteiger partial charge in [0.05, 0.1) is 42.2 Å². The molecule has 376 valence electrons. The summed E-state index contributed by atoms with van der Waals surface area (Å²) in [5, 5.41) is 34.4. The summed E-state index contributed by atoms with van der Waals surface area (Å²) in [6.07, 6.45) is -4.93. The second-order valence-electron chi connectivity index (χ2n) is 21.2. The number of carbonyl (C=O) groups is 3. The van der Waals surface area contributed by atoms with Crippen LogP contribution in [0.3, 0.4) is 0 Å². The van der Waals surface area contributed by atoms with E-state index in [1.54, 1.807) is 21.1 Å². The van der Waals surface area contributed by atoms with Crippen molar-refractivity contribution in [3.63, 3.8) is 0 Å². The van der Waals surface area contributed by atoms with E-state index in [2.05, 4.69) is 13.0 Å². The number of aliphatic hydroxyl groups excluding tert-OH is 2. The summed E-state index contributed by atoms with van der Waals surface area (Å²) in [5.74, 6) is -2.31. The molecule has 7 rings (SSSR count). The Balaban J connectivity index is 1.02. The standard InChI is InChI=1S/C49H78O17/c1-23(2)19-35(52)64-45-43(62-28(7)51)38-32(49(55)18-16-31(24(3)50)48(45,49)9)14-13-29-20-30(15-17-47(29,38)8)63-36-21-33(56-10)41(26(5)59-36)65-37-22-34(57-11)42(27(6)60-37)66-46-40(54)44(58-12)39(53)25(4)61-46/h13,23,25-27,30-34,36-46,53-55H,14-22H2,1-12H3/t25-,26-,27-,30+,31-,32-,33+,34+,36+,37+,38-,39-,40-,41-,42-,43+,44-,45-,46+,47+,48+,49+/m1/s1. The molecule has 17 heteroatoms. The van der Waals surface area contributed by atoms with Crippen molar-refractivity contribution >= 4 is 17.7 Å². The summed E-state index contributed by atoms with van der Waals surface area (Å²) in [6.45, 7) is 16.2. The number of fused-ring (bicyclic) bond motifs is 5. The number of carbonyl (C=O) groups excluding carboxylic acids is 3. The van der Waals surface area contributed by atoms with Crippen LogP contribution in [0, 0.1) is 34.5 Å². The number of methoxy groups -OCH3 is 3. The first-order valence-corrected chi connectivity index (χ1v) is 24.3. The maximum atomic E-state index is 13.5. The molecular weight excluding hydrogens is 861 g/mol. The van der Waals surface area contributed by atoms with E-state index >= 15 is 0 Å². The number of aliphatic hydroxyl groups is 3. The van der Waals surface area contributed by atoms with E-state index in [9.17, 15) is 29.7 Å². The van der Waals surface area contributed by atoms with Gasteiger partial charge >= 0.3 is 11.9 Å². The lowest BCUT2D eigenvalue weighted by molar-refractivity contribution is -0.352. The number of ketones is 1. The van der Waals surface area contributed by atoms with Gasteiger partial charge in [0.15, 0.2) is 18.9 Å². The zero-order valence-electron chi connectivity index (χ0n) is 41.0. The van der Waals surface area contributed by atoms with Gasteiger partial charge in [0.2, 0.25) is 0 Å². The van der Waals surface area contributed by atoms with Gasteiger partial charge in [-0.25, -0.2) is 0 Å². The Morgan fingerprint density at radius 2 is 1.39 bits per heavy atom. The average Bonchev–Trinajstić information content (AvgIpc) is 3.53. The van der Waals surface area contributed by atoms with Crippen LogP contribution in [0.2, 0.25) is 0 Å². The monoisotopic (exact) mass is 939 g/mol. The summed E-state index contributed by atoms with van der Waals surface area (Å²) >= 11 is 0. The highest BCUT2D eigenvalue weighted by Gasteiger charge is 2.75. The van der Waals surface area contributed by atoms with Gasteiger partial charge in [0.25, 0.3) is 0 Å². The topological polar surface area (TPSA) is 213 Å². The normalized spacial score (nSPS) is 48.1. The van der Waals surface area contributed by atoms with Crippen LogP contribution in [-0.4, -0.2) is 158 Å². The fourth-order valence-corrected chi connectivity index (χ4v) is 13.4. The first kappa shape index (κ1) is 51.7. The van der Waals surface area contributed by atoms with Gasteiger partial charge in [-0.05, 0) is 83.5 Å². The Hall–Kier alpha value is -2.13. The van der Waals surface area contributed by atoms with Crippen molar-refractivity contribution in [2.75, 3.05) is 21.3 Å². The van der Waals surface area contributed by atoms with Crippen molar-refractivity contribution in [1.29, 1.82) is 0 Å². The number of allylic oxidation sites excluding steroid dienone is 1. The molecule has 0 bridgehead atoms. The highest BCUT2D eigenvalue weighted by molar-refractivity contribution is 5.80. The zero-order chi connectivity index (χ0) is 48.2. The third-order valence-corrected chi connectivity index (χ3v) is 16.8. The molecule has 0 aromatic carbocycles. The van der Waals surface area contributed by atoms with Crippen molar-refractivity contribution < 1.29 is 81.8 Å². The van der Waals surface area contributed by atoms with E-state index in [-0.39, 0.29) is 36.1 Å². The lowest BCUT2D eigenvalue weighted by Crippen LogP contribution is -2.72. The van der Waals surface area contributed by atoms with E-state index < -0.39 is 126 Å². The molecule has 7 aliphatic rings. The Bertz CT molecular complexity index is 1760. The zero-order valence-corrected chi connectivity index (χ0v) is 41.0. The number of Topliss-reactive ketones (excluding diaryl/α,β-unsaturated/α-hetero) is 1. The predicted molar refractivity (Wildman–Crippen MR) is 234 cm³/mol. The van der Waals surface area contributed by atoms with Crippen LogP contribution in [0.1, 0.15) is 120 Å². The molecule has 3 aliphatic heterocycles. The molecule has 17 nitrogen and oxygen atoms in total. The van der Waals surface area contributed by atoms with Gasteiger partial charge in [-0.2, -0.15) is 0 Å². The van der Waals surface area contributed by atoms with Gasteiger partial charge in [0, 0.05) is 64.8 Å². The molecule has 0 amide bonds. The fourth-order valence-electron chi connectivity index (χ4n) is 13.4. The third-order valence-electron chi connectivity index (χ3n) is 16.8. The van der Waals surface area contributed by atoms with Gasteiger partial charge in [-0.1, -0.05) is 39.3 Å². The van der Waals surface area contributed by atoms with Gasteiger partial charge in [-0.3, -0.25) is 14.4 Å². The summed E-state index contributed by atoms with van der Waals surface area (Å²) in [4.78, 5) is 39.8. The Morgan fingerprint density at radius 1 is 0.773 bits per heavy atom. The first-order chi connectivity index (χ1) is 31.1. The quantitative estimate of drug-likeness (QED) is 0.163. The molecule has 0 radical (unpaired) electrons. The van der Waals surface area contributed by atoms with Crippen LogP contribution in [0.25, 0.3) is 0 Å². The third kappa shape index (κ3) is 9.44. The van der Waals surface area contributed by atoms with Crippen LogP contribution in [0.5, 0.6) is 0 Å². The van der Waals surface area contributed by atoms with Crippen molar-refractivity contribution in [1.82, 2.24) is 0 Å². The van der Waals surface area contributed by atoms with E-state index in [4.69, 9.17) is 52.1 Å². The maximum Gasteiger partial charge on any atom is 0.306 e. The van der Waals surface area contributed by atoms with E-state index in [0.29, 0.717) is 51.4 Å². The number of ether oxygens (including phenoxy) is 11. The molecule has 3 heterocycles. The van der Waals surface area contributed by atoms with Crippen LogP contribution < -0.4 is 0 Å². The van der Waals surface area contributed by atoms with Crippen molar-refractivity contribution in [2.45, 2.75) is 224 Å². The molecule has 6 fully saturated rings. The van der Waals surface area contributed by atoms with E-state index in [1.165, 1.54) is 21.0 Å². The Kier molecular flexibility index (Phi) is 15.9. The SMILES string of the molecule is CO[C@H]1[C@@H](O)[C@H](O[C@H]2[C@@H](OC)C[C@H](O[C@H]3[C@@H](OC)C[C@H](O[C@H]4CC[C@@]5(C)C(=CC[C@@H]6[C@@H]5[C@H](OC(C)=O)[C@@H](OC(=O)CC(C)C)[C@]5(C)[C@@H](C(C)=O)CC[C@]65O)C4)O[C@@H]3C)O[C@@H]2C)O[C@H](C)[C@H]1O. The van der Waals surface area contributed by atoms with Crippen LogP contribution in [0.4, 0.5) is 0 Å². The molecule has 3 N–H and O–H groups in total. The smallest absolute Gasteiger partial charge is 0.306 e. The number of rotatable bonds is 14. The molecule has 3 saturated carbocycles. The molecule has 4 aliphatic carbocycles. The average molecular weight is 939 g/mol.